The fourth-order valence-electron chi connectivity index (χ4n) is 2.21. The molecule has 2 atom stereocenters. The van der Waals surface area contributed by atoms with Crippen molar-refractivity contribution in [2.24, 2.45) is 5.73 Å². The zero-order chi connectivity index (χ0) is 15.8. The second-order valence-corrected chi connectivity index (χ2v) is 5.40. The molecule has 118 valence electrons. The predicted octanol–water partition coefficient (Wildman–Crippen LogP) is 2.56. The molecule has 0 spiro atoms. The Bertz CT molecular complexity index is 444. The van der Waals surface area contributed by atoms with Crippen LogP contribution < -0.4 is 16.4 Å². The van der Waals surface area contributed by atoms with Crippen molar-refractivity contribution in [3.63, 3.8) is 0 Å². The standard InChI is InChI=1S/C16H28N4O/c1-5-20(6-2)11-12(3)18-16(21)19-15-9-7-8-14(10-15)13(4)17/h7-10,12-13H,5-6,11,17H2,1-4H3,(H2,18,19,21). The minimum absolute atomic E-state index is 0.0450. The molecule has 4 N–H and O–H groups in total. The van der Waals surface area contributed by atoms with Crippen molar-refractivity contribution in [2.75, 3.05) is 25.0 Å². The fraction of sp³-hybridized carbons (Fsp3) is 0.562. The number of carbonyl (C=O) groups excluding carboxylic acids is 1. The second-order valence-electron chi connectivity index (χ2n) is 5.40. The van der Waals surface area contributed by atoms with Crippen LogP contribution in [0.5, 0.6) is 0 Å². The number of nitrogens with one attached hydrogen (secondary N) is 2. The molecule has 1 rings (SSSR count). The van der Waals surface area contributed by atoms with E-state index in [9.17, 15) is 4.79 Å². The Morgan fingerprint density at radius 2 is 1.95 bits per heavy atom. The highest BCUT2D eigenvalue weighted by Crippen LogP contribution is 2.15. The Morgan fingerprint density at radius 1 is 1.29 bits per heavy atom. The third-order valence-corrected chi connectivity index (χ3v) is 3.47. The monoisotopic (exact) mass is 292 g/mol. The average Bonchev–Trinajstić information content (AvgIpc) is 2.44. The maximum atomic E-state index is 12.0. The molecular weight excluding hydrogens is 264 g/mol. The Morgan fingerprint density at radius 3 is 2.52 bits per heavy atom. The summed E-state index contributed by atoms with van der Waals surface area (Å²) in [4.78, 5) is 14.3. The van der Waals surface area contributed by atoms with Gasteiger partial charge in [0.25, 0.3) is 0 Å². The SMILES string of the molecule is CCN(CC)CC(C)NC(=O)Nc1cccc(C(C)N)c1. The van der Waals surface area contributed by atoms with Crippen molar-refractivity contribution in [3.8, 4) is 0 Å². The summed E-state index contributed by atoms with van der Waals surface area (Å²) in [6.45, 7) is 11.0. The van der Waals surface area contributed by atoms with Gasteiger partial charge in [0.05, 0.1) is 0 Å². The van der Waals surface area contributed by atoms with E-state index in [0.29, 0.717) is 0 Å². The smallest absolute Gasteiger partial charge is 0.319 e. The minimum Gasteiger partial charge on any atom is -0.334 e. The summed E-state index contributed by atoms with van der Waals surface area (Å²) in [7, 11) is 0. The van der Waals surface area contributed by atoms with E-state index in [1.165, 1.54) is 0 Å². The summed E-state index contributed by atoms with van der Waals surface area (Å²) in [5.74, 6) is 0. The molecule has 0 bridgehead atoms. The lowest BCUT2D eigenvalue weighted by Gasteiger charge is -2.23. The van der Waals surface area contributed by atoms with E-state index in [1.54, 1.807) is 0 Å². The molecule has 0 aliphatic carbocycles. The van der Waals surface area contributed by atoms with Crippen molar-refractivity contribution in [1.82, 2.24) is 10.2 Å². The van der Waals surface area contributed by atoms with Crippen LogP contribution in [0.15, 0.2) is 24.3 Å². The number of nitrogens with zero attached hydrogens (tertiary/aromatic N) is 1. The summed E-state index contributed by atoms with van der Waals surface area (Å²) in [6.07, 6.45) is 0. The third-order valence-electron chi connectivity index (χ3n) is 3.47. The molecule has 0 aliphatic heterocycles. The maximum absolute atomic E-state index is 12.0. The summed E-state index contributed by atoms with van der Waals surface area (Å²) < 4.78 is 0. The van der Waals surface area contributed by atoms with Gasteiger partial charge in [-0.1, -0.05) is 26.0 Å². The second kappa shape index (κ2) is 8.64. The van der Waals surface area contributed by atoms with Gasteiger partial charge in [-0.25, -0.2) is 4.79 Å². The molecule has 0 radical (unpaired) electrons. The van der Waals surface area contributed by atoms with Gasteiger partial charge in [0.1, 0.15) is 0 Å². The van der Waals surface area contributed by atoms with E-state index in [1.807, 2.05) is 38.1 Å². The molecule has 21 heavy (non-hydrogen) atoms. The fourth-order valence-corrected chi connectivity index (χ4v) is 2.21. The van der Waals surface area contributed by atoms with Crippen LogP contribution in [0.1, 0.15) is 39.3 Å². The molecule has 0 aliphatic rings. The number of rotatable bonds is 7. The van der Waals surface area contributed by atoms with E-state index >= 15 is 0 Å². The molecule has 0 heterocycles. The third kappa shape index (κ3) is 6.14. The van der Waals surface area contributed by atoms with Crippen LogP contribution in [-0.4, -0.2) is 36.6 Å². The average molecular weight is 292 g/mol. The van der Waals surface area contributed by atoms with Crippen LogP contribution in [0.2, 0.25) is 0 Å². The normalized spacial score (nSPS) is 13.8. The highest BCUT2D eigenvalue weighted by atomic mass is 16.2. The highest BCUT2D eigenvalue weighted by Gasteiger charge is 2.10. The summed E-state index contributed by atoms with van der Waals surface area (Å²) >= 11 is 0. The number of anilines is 1. The predicted molar refractivity (Wildman–Crippen MR) is 88.4 cm³/mol. The molecule has 5 heteroatoms. The van der Waals surface area contributed by atoms with Gasteiger partial charge in [0.2, 0.25) is 0 Å². The van der Waals surface area contributed by atoms with E-state index in [0.717, 1.165) is 30.9 Å². The van der Waals surface area contributed by atoms with Crippen LogP contribution >= 0.6 is 0 Å². The molecule has 0 aromatic heterocycles. The lowest BCUT2D eigenvalue weighted by molar-refractivity contribution is 0.238. The lowest BCUT2D eigenvalue weighted by atomic mass is 10.1. The number of hydrogen-bond donors (Lipinski definition) is 3. The van der Waals surface area contributed by atoms with Crippen molar-refractivity contribution >= 4 is 11.7 Å². The van der Waals surface area contributed by atoms with Crippen LogP contribution in [0.3, 0.4) is 0 Å². The first-order valence-corrected chi connectivity index (χ1v) is 7.61. The Kier molecular flexibility index (Phi) is 7.19. The number of urea groups is 1. The molecule has 0 saturated carbocycles. The summed E-state index contributed by atoms with van der Waals surface area (Å²) in [5.41, 5.74) is 7.61. The zero-order valence-corrected chi connectivity index (χ0v) is 13.5. The van der Waals surface area contributed by atoms with Gasteiger partial charge in [0, 0.05) is 24.3 Å². The van der Waals surface area contributed by atoms with Crippen molar-refractivity contribution in [3.05, 3.63) is 29.8 Å². The lowest BCUT2D eigenvalue weighted by Crippen LogP contribution is -2.43. The van der Waals surface area contributed by atoms with Crippen molar-refractivity contribution in [1.29, 1.82) is 0 Å². The first-order valence-electron chi connectivity index (χ1n) is 7.61. The van der Waals surface area contributed by atoms with Gasteiger partial charge in [-0.15, -0.1) is 0 Å². The molecule has 2 amide bonds. The molecule has 5 nitrogen and oxygen atoms in total. The number of carbonyl (C=O) groups is 1. The molecule has 0 fully saturated rings. The largest absolute Gasteiger partial charge is 0.334 e. The highest BCUT2D eigenvalue weighted by molar-refractivity contribution is 5.89. The summed E-state index contributed by atoms with van der Waals surface area (Å²) in [5, 5.41) is 5.81. The first-order chi connectivity index (χ1) is 9.96. The zero-order valence-electron chi connectivity index (χ0n) is 13.5. The van der Waals surface area contributed by atoms with Gasteiger partial charge >= 0.3 is 6.03 Å². The number of benzene rings is 1. The molecule has 2 unspecified atom stereocenters. The van der Waals surface area contributed by atoms with Gasteiger partial charge in [-0.3, -0.25) is 0 Å². The summed E-state index contributed by atoms with van der Waals surface area (Å²) in [6, 6.07) is 7.49. The number of amides is 2. The number of likely N-dealkylation sites (N-methyl/N-ethyl adjacent to an activating group) is 1. The van der Waals surface area contributed by atoms with Gasteiger partial charge in [-0.05, 0) is 44.6 Å². The van der Waals surface area contributed by atoms with E-state index < -0.39 is 0 Å². The van der Waals surface area contributed by atoms with Gasteiger partial charge in [0.15, 0.2) is 0 Å². The van der Waals surface area contributed by atoms with Crippen molar-refractivity contribution in [2.45, 2.75) is 39.8 Å². The number of nitrogens with two attached hydrogens (primary N) is 1. The molecular formula is C16H28N4O. The Labute approximate surface area is 127 Å². The Balaban J connectivity index is 2.51. The maximum Gasteiger partial charge on any atom is 0.319 e. The first kappa shape index (κ1) is 17.5. The van der Waals surface area contributed by atoms with Crippen LogP contribution in [0.25, 0.3) is 0 Å². The van der Waals surface area contributed by atoms with Crippen LogP contribution in [0.4, 0.5) is 10.5 Å². The van der Waals surface area contributed by atoms with Crippen molar-refractivity contribution < 1.29 is 4.79 Å². The molecule has 0 saturated heterocycles. The number of hydrogen-bond acceptors (Lipinski definition) is 3. The topological polar surface area (TPSA) is 70.4 Å². The van der Waals surface area contributed by atoms with E-state index in [-0.39, 0.29) is 18.1 Å². The van der Waals surface area contributed by atoms with E-state index in [4.69, 9.17) is 5.73 Å². The van der Waals surface area contributed by atoms with E-state index in [2.05, 4.69) is 29.4 Å². The minimum atomic E-state index is -0.184. The van der Waals surface area contributed by atoms with Gasteiger partial charge < -0.3 is 21.3 Å². The van der Waals surface area contributed by atoms with Crippen LogP contribution in [0, 0.1) is 0 Å². The molecule has 1 aromatic carbocycles. The quantitative estimate of drug-likeness (QED) is 0.723. The molecule has 1 aromatic rings. The van der Waals surface area contributed by atoms with Crippen LogP contribution in [-0.2, 0) is 0 Å². The van der Waals surface area contributed by atoms with Gasteiger partial charge in [-0.2, -0.15) is 0 Å². The Hall–Kier alpha value is -1.59.